The van der Waals surface area contributed by atoms with Gasteiger partial charge in [0.05, 0.1) is 18.8 Å². The third-order valence-corrected chi connectivity index (χ3v) is 3.03. The van der Waals surface area contributed by atoms with Crippen LogP contribution in [0.25, 0.3) is 0 Å². The summed E-state index contributed by atoms with van der Waals surface area (Å²) >= 11 is 0. The third kappa shape index (κ3) is 1.39. The van der Waals surface area contributed by atoms with Crippen molar-refractivity contribution < 1.29 is 19.7 Å². The molecule has 2 rings (SSSR count). The van der Waals surface area contributed by atoms with Crippen molar-refractivity contribution in [3.8, 4) is 0 Å². The van der Waals surface area contributed by atoms with E-state index in [-0.39, 0.29) is 6.61 Å². The molecule has 0 aromatic heterocycles. The molecule has 2 saturated heterocycles. The van der Waals surface area contributed by atoms with Gasteiger partial charge in [-0.15, -0.1) is 6.58 Å². The molecule has 0 aromatic rings. The first-order valence-electron chi connectivity index (χ1n) is 4.78. The minimum atomic E-state index is -0.667. The molecule has 2 fully saturated rings. The second-order valence-electron chi connectivity index (χ2n) is 4.40. The van der Waals surface area contributed by atoms with Crippen LogP contribution >= 0.6 is 0 Å². The van der Waals surface area contributed by atoms with E-state index in [1.807, 2.05) is 6.92 Å². The summed E-state index contributed by atoms with van der Waals surface area (Å²) in [5.41, 5.74) is -1.14. The molecule has 0 amide bonds. The van der Waals surface area contributed by atoms with E-state index in [0.717, 1.165) is 0 Å². The van der Waals surface area contributed by atoms with E-state index in [4.69, 9.17) is 9.47 Å². The zero-order valence-corrected chi connectivity index (χ0v) is 8.27. The topological polar surface area (TPSA) is 62.2 Å². The monoisotopic (exact) mass is 200 g/mol. The summed E-state index contributed by atoms with van der Waals surface area (Å²) in [5.74, 6) is 0. The van der Waals surface area contributed by atoms with Gasteiger partial charge in [-0.2, -0.15) is 0 Å². The molecule has 4 nitrogen and oxygen atoms in total. The Morgan fingerprint density at radius 1 is 1.64 bits per heavy atom. The van der Waals surface area contributed by atoms with Gasteiger partial charge in [-0.3, -0.25) is 0 Å². The Hall–Kier alpha value is -0.420. The molecule has 0 saturated carbocycles. The predicted molar refractivity (Wildman–Crippen MR) is 49.9 cm³/mol. The molecule has 2 N–H and O–H groups in total. The summed E-state index contributed by atoms with van der Waals surface area (Å²) in [6.45, 7) is 5.89. The Morgan fingerprint density at radius 3 is 2.71 bits per heavy atom. The van der Waals surface area contributed by atoms with E-state index in [1.165, 1.54) is 0 Å². The van der Waals surface area contributed by atoms with Gasteiger partial charge in [-0.05, 0) is 6.92 Å². The molecule has 2 aliphatic rings. The lowest BCUT2D eigenvalue weighted by Gasteiger charge is -2.42. The second kappa shape index (κ2) is 3.03. The van der Waals surface area contributed by atoms with Gasteiger partial charge in [-0.25, -0.2) is 0 Å². The van der Waals surface area contributed by atoms with Crippen molar-refractivity contribution in [1.29, 1.82) is 0 Å². The van der Waals surface area contributed by atoms with E-state index < -0.39 is 23.4 Å². The summed E-state index contributed by atoms with van der Waals surface area (Å²) in [4.78, 5) is 0. The molecule has 0 unspecified atom stereocenters. The summed E-state index contributed by atoms with van der Waals surface area (Å²) in [6.07, 6.45) is 0.964. The SMILES string of the molecule is C=C[C@H]1O[C@](C)(CO)C[C@@]2(CO2)[C@@H]1O. The second-order valence-corrected chi connectivity index (χ2v) is 4.40. The summed E-state index contributed by atoms with van der Waals surface area (Å²) in [6, 6.07) is 0. The maximum Gasteiger partial charge on any atom is 0.123 e. The van der Waals surface area contributed by atoms with E-state index in [1.54, 1.807) is 6.08 Å². The number of aliphatic hydroxyl groups excluding tert-OH is 2. The first kappa shape index (κ1) is 10.1. The largest absolute Gasteiger partial charge is 0.393 e. The number of aliphatic hydroxyl groups is 2. The van der Waals surface area contributed by atoms with Crippen LogP contribution in [-0.4, -0.2) is 46.8 Å². The maximum absolute atomic E-state index is 9.88. The van der Waals surface area contributed by atoms with Crippen molar-refractivity contribution in [2.45, 2.75) is 36.8 Å². The van der Waals surface area contributed by atoms with Crippen LogP contribution in [0.15, 0.2) is 12.7 Å². The van der Waals surface area contributed by atoms with Crippen LogP contribution in [-0.2, 0) is 9.47 Å². The molecule has 0 aromatic carbocycles. The number of rotatable bonds is 2. The molecular formula is C10H16O4. The van der Waals surface area contributed by atoms with Crippen LogP contribution in [0.5, 0.6) is 0 Å². The lowest BCUT2D eigenvalue weighted by atomic mass is 9.83. The van der Waals surface area contributed by atoms with Gasteiger partial charge >= 0.3 is 0 Å². The Morgan fingerprint density at radius 2 is 2.29 bits per heavy atom. The Bertz CT molecular complexity index is 249. The fourth-order valence-corrected chi connectivity index (χ4v) is 2.11. The Kier molecular flexibility index (Phi) is 2.19. The van der Waals surface area contributed by atoms with E-state index >= 15 is 0 Å². The zero-order valence-electron chi connectivity index (χ0n) is 8.27. The Balaban J connectivity index is 2.20. The van der Waals surface area contributed by atoms with Crippen LogP contribution < -0.4 is 0 Å². The van der Waals surface area contributed by atoms with E-state index in [2.05, 4.69) is 6.58 Å². The molecule has 2 aliphatic heterocycles. The van der Waals surface area contributed by atoms with Crippen LogP contribution in [0.4, 0.5) is 0 Å². The minimum absolute atomic E-state index is 0.0742. The number of hydrogen-bond acceptors (Lipinski definition) is 4. The average Bonchev–Trinajstić information content (AvgIpc) is 2.93. The quantitative estimate of drug-likeness (QED) is 0.480. The van der Waals surface area contributed by atoms with E-state index in [9.17, 15) is 10.2 Å². The smallest absolute Gasteiger partial charge is 0.123 e. The molecule has 0 aliphatic carbocycles. The fourth-order valence-electron chi connectivity index (χ4n) is 2.11. The highest BCUT2D eigenvalue weighted by atomic mass is 16.6. The highest BCUT2D eigenvalue weighted by molar-refractivity contribution is 5.12. The molecule has 1 spiro atoms. The molecule has 0 radical (unpaired) electrons. The number of hydrogen-bond donors (Lipinski definition) is 2. The third-order valence-electron chi connectivity index (χ3n) is 3.03. The van der Waals surface area contributed by atoms with Crippen molar-refractivity contribution >= 4 is 0 Å². The standard InChI is InChI=1S/C10H16O4/c1-3-7-8(12)10(6-13-10)4-9(2,5-11)14-7/h3,7-8,11-12H,1,4-6H2,2H3/t7-,8-,9+,10-/m1/s1. The lowest BCUT2D eigenvalue weighted by molar-refractivity contribution is -0.192. The van der Waals surface area contributed by atoms with Crippen molar-refractivity contribution in [2.24, 2.45) is 0 Å². The van der Waals surface area contributed by atoms with Gasteiger partial charge in [0.2, 0.25) is 0 Å². The summed E-state index contributed by atoms with van der Waals surface area (Å²) in [5, 5.41) is 19.1. The molecule has 0 bridgehead atoms. The van der Waals surface area contributed by atoms with Gasteiger partial charge in [0.25, 0.3) is 0 Å². The van der Waals surface area contributed by atoms with Crippen molar-refractivity contribution in [1.82, 2.24) is 0 Å². The highest BCUT2D eigenvalue weighted by Gasteiger charge is 2.61. The molecular weight excluding hydrogens is 184 g/mol. The van der Waals surface area contributed by atoms with Crippen molar-refractivity contribution in [3.63, 3.8) is 0 Å². The summed E-state index contributed by atoms with van der Waals surface area (Å²) < 4.78 is 10.9. The van der Waals surface area contributed by atoms with Gasteiger partial charge < -0.3 is 19.7 Å². The maximum atomic E-state index is 9.88. The Labute approximate surface area is 83.1 Å². The first-order valence-corrected chi connectivity index (χ1v) is 4.78. The van der Waals surface area contributed by atoms with Gasteiger partial charge in [0.15, 0.2) is 0 Å². The molecule has 4 heteroatoms. The number of ether oxygens (including phenoxy) is 2. The number of epoxide rings is 1. The molecule has 4 atom stereocenters. The average molecular weight is 200 g/mol. The highest BCUT2D eigenvalue weighted by Crippen LogP contribution is 2.46. The molecule has 2 heterocycles. The first-order chi connectivity index (χ1) is 6.55. The molecule has 14 heavy (non-hydrogen) atoms. The van der Waals surface area contributed by atoms with Gasteiger partial charge in [0, 0.05) is 6.42 Å². The van der Waals surface area contributed by atoms with Gasteiger partial charge in [-0.1, -0.05) is 6.08 Å². The van der Waals surface area contributed by atoms with Gasteiger partial charge in [0.1, 0.15) is 17.8 Å². The summed E-state index contributed by atoms with van der Waals surface area (Å²) in [7, 11) is 0. The van der Waals surface area contributed by atoms with Crippen LogP contribution in [0, 0.1) is 0 Å². The van der Waals surface area contributed by atoms with Crippen LogP contribution in [0.3, 0.4) is 0 Å². The fraction of sp³-hybridized carbons (Fsp3) is 0.800. The van der Waals surface area contributed by atoms with Crippen molar-refractivity contribution in [3.05, 3.63) is 12.7 Å². The zero-order chi connectivity index (χ0) is 10.4. The van der Waals surface area contributed by atoms with Crippen molar-refractivity contribution in [2.75, 3.05) is 13.2 Å². The predicted octanol–water partition coefficient (Wildman–Crippen LogP) is -0.158. The molecule has 80 valence electrons. The normalized spacial score (nSPS) is 51.9. The van der Waals surface area contributed by atoms with E-state index in [0.29, 0.717) is 13.0 Å². The van der Waals surface area contributed by atoms with Crippen LogP contribution in [0.1, 0.15) is 13.3 Å². The van der Waals surface area contributed by atoms with Crippen LogP contribution in [0.2, 0.25) is 0 Å². The minimum Gasteiger partial charge on any atom is -0.393 e. The lowest BCUT2D eigenvalue weighted by Crippen LogP contribution is -2.56.